The topological polar surface area (TPSA) is 39.9 Å². The highest BCUT2D eigenvalue weighted by Crippen LogP contribution is 2.28. The second-order valence-corrected chi connectivity index (χ2v) is 5.21. The van der Waals surface area contributed by atoms with Crippen molar-refractivity contribution in [1.82, 2.24) is 4.98 Å². The highest BCUT2D eigenvalue weighted by atomic mass is 15.2. The molecule has 2 aromatic rings. The van der Waals surface area contributed by atoms with Gasteiger partial charge in [-0.05, 0) is 30.5 Å². The minimum absolute atomic E-state index is 0.572. The van der Waals surface area contributed by atoms with Crippen LogP contribution in [0.25, 0.3) is 0 Å². The summed E-state index contributed by atoms with van der Waals surface area (Å²) in [7, 11) is 0. The maximum Gasteiger partial charge on any atom is 0.128 e. The first kappa shape index (κ1) is 12.7. The van der Waals surface area contributed by atoms with E-state index in [1.165, 1.54) is 18.4 Å². The molecule has 0 N–H and O–H groups in total. The average molecular weight is 263 g/mol. The highest BCUT2D eigenvalue weighted by molar-refractivity contribution is 5.43. The van der Waals surface area contributed by atoms with Gasteiger partial charge in [0, 0.05) is 25.2 Å². The number of piperidine rings is 1. The van der Waals surface area contributed by atoms with Crippen molar-refractivity contribution in [2.45, 2.75) is 18.8 Å². The first-order chi connectivity index (χ1) is 9.86. The van der Waals surface area contributed by atoms with Crippen LogP contribution in [-0.4, -0.2) is 18.1 Å². The standard InChI is InChI=1S/C17H17N3/c18-11-14-8-9-17(19-12-14)20-10-4-7-16(13-20)15-5-2-1-3-6-15/h1-3,5-6,8-9,12,16H,4,7,10,13H2. The van der Waals surface area contributed by atoms with Crippen molar-refractivity contribution in [1.29, 1.82) is 5.26 Å². The van der Waals surface area contributed by atoms with Gasteiger partial charge in [-0.1, -0.05) is 30.3 Å². The van der Waals surface area contributed by atoms with Crippen LogP contribution >= 0.6 is 0 Å². The van der Waals surface area contributed by atoms with Gasteiger partial charge in [0.1, 0.15) is 11.9 Å². The summed E-state index contributed by atoms with van der Waals surface area (Å²) in [6, 6.07) is 16.6. The third-order valence-corrected chi connectivity index (χ3v) is 3.89. The minimum atomic E-state index is 0.572. The number of aromatic nitrogens is 1. The Morgan fingerprint density at radius 3 is 2.70 bits per heavy atom. The van der Waals surface area contributed by atoms with Crippen molar-refractivity contribution >= 4 is 5.82 Å². The molecule has 0 amide bonds. The average Bonchev–Trinajstić information content (AvgIpc) is 2.56. The largest absolute Gasteiger partial charge is 0.356 e. The van der Waals surface area contributed by atoms with Gasteiger partial charge < -0.3 is 4.90 Å². The minimum Gasteiger partial charge on any atom is -0.356 e. The number of anilines is 1. The summed E-state index contributed by atoms with van der Waals surface area (Å²) >= 11 is 0. The molecule has 1 aliphatic heterocycles. The Morgan fingerprint density at radius 2 is 2.00 bits per heavy atom. The van der Waals surface area contributed by atoms with Crippen LogP contribution in [-0.2, 0) is 0 Å². The predicted octanol–water partition coefficient (Wildman–Crippen LogP) is 3.34. The van der Waals surface area contributed by atoms with Crippen LogP contribution in [0.1, 0.15) is 29.9 Å². The van der Waals surface area contributed by atoms with Crippen LogP contribution in [0, 0.1) is 11.3 Å². The van der Waals surface area contributed by atoms with E-state index in [2.05, 4.69) is 46.3 Å². The summed E-state index contributed by atoms with van der Waals surface area (Å²) in [5.74, 6) is 1.55. The lowest BCUT2D eigenvalue weighted by molar-refractivity contribution is 0.507. The Labute approximate surface area is 119 Å². The molecule has 20 heavy (non-hydrogen) atoms. The molecule has 0 bridgehead atoms. The van der Waals surface area contributed by atoms with E-state index >= 15 is 0 Å². The number of benzene rings is 1. The van der Waals surface area contributed by atoms with Crippen LogP contribution in [0.2, 0.25) is 0 Å². The number of pyridine rings is 1. The molecular formula is C17H17N3. The molecule has 0 saturated carbocycles. The Kier molecular flexibility index (Phi) is 3.64. The fraction of sp³-hybridized carbons (Fsp3) is 0.294. The molecule has 2 heterocycles. The van der Waals surface area contributed by atoms with Gasteiger partial charge in [-0.2, -0.15) is 5.26 Å². The molecule has 1 unspecified atom stereocenters. The van der Waals surface area contributed by atoms with Crippen LogP contribution in [0.15, 0.2) is 48.7 Å². The zero-order valence-corrected chi connectivity index (χ0v) is 11.4. The fourth-order valence-corrected chi connectivity index (χ4v) is 2.82. The van der Waals surface area contributed by atoms with Crippen molar-refractivity contribution in [3.63, 3.8) is 0 Å². The maximum atomic E-state index is 8.83. The second-order valence-electron chi connectivity index (χ2n) is 5.21. The van der Waals surface area contributed by atoms with Crippen LogP contribution < -0.4 is 4.90 Å². The van der Waals surface area contributed by atoms with Gasteiger partial charge in [-0.25, -0.2) is 4.98 Å². The molecule has 1 saturated heterocycles. The molecule has 3 nitrogen and oxygen atoms in total. The molecule has 1 aromatic carbocycles. The normalized spacial score (nSPS) is 18.6. The van der Waals surface area contributed by atoms with Crippen LogP contribution in [0.4, 0.5) is 5.82 Å². The van der Waals surface area contributed by atoms with Gasteiger partial charge in [-0.15, -0.1) is 0 Å². The molecule has 0 radical (unpaired) electrons. The molecule has 0 spiro atoms. The Morgan fingerprint density at radius 1 is 1.15 bits per heavy atom. The quantitative estimate of drug-likeness (QED) is 0.834. The van der Waals surface area contributed by atoms with E-state index in [9.17, 15) is 0 Å². The first-order valence-corrected chi connectivity index (χ1v) is 7.03. The lowest BCUT2D eigenvalue weighted by atomic mass is 9.91. The van der Waals surface area contributed by atoms with Gasteiger partial charge in [0.2, 0.25) is 0 Å². The van der Waals surface area contributed by atoms with E-state index in [0.29, 0.717) is 11.5 Å². The number of nitrogens with zero attached hydrogens (tertiary/aromatic N) is 3. The van der Waals surface area contributed by atoms with Gasteiger partial charge in [0.25, 0.3) is 0 Å². The van der Waals surface area contributed by atoms with E-state index in [0.717, 1.165) is 18.9 Å². The van der Waals surface area contributed by atoms with Crippen molar-refractivity contribution in [3.8, 4) is 6.07 Å². The van der Waals surface area contributed by atoms with Crippen LogP contribution in [0.5, 0.6) is 0 Å². The first-order valence-electron chi connectivity index (χ1n) is 7.03. The molecule has 1 aromatic heterocycles. The lowest BCUT2D eigenvalue weighted by Crippen LogP contribution is -2.34. The molecular weight excluding hydrogens is 246 g/mol. The summed E-state index contributed by atoms with van der Waals surface area (Å²) in [5.41, 5.74) is 2.02. The zero-order valence-electron chi connectivity index (χ0n) is 11.4. The van der Waals surface area contributed by atoms with E-state index < -0.39 is 0 Å². The summed E-state index contributed by atoms with van der Waals surface area (Å²) in [6.45, 7) is 2.05. The molecule has 3 heteroatoms. The zero-order chi connectivity index (χ0) is 13.8. The highest BCUT2D eigenvalue weighted by Gasteiger charge is 2.21. The third kappa shape index (κ3) is 2.65. The van der Waals surface area contributed by atoms with Crippen molar-refractivity contribution < 1.29 is 0 Å². The van der Waals surface area contributed by atoms with Crippen molar-refractivity contribution in [2.75, 3.05) is 18.0 Å². The molecule has 100 valence electrons. The molecule has 1 fully saturated rings. The monoisotopic (exact) mass is 263 g/mol. The summed E-state index contributed by atoms with van der Waals surface area (Å²) < 4.78 is 0. The lowest BCUT2D eigenvalue weighted by Gasteiger charge is -2.33. The van der Waals surface area contributed by atoms with Crippen LogP contribution in [0.3, 0.4) is 0 Å². The summed E-state index contributed by atoms with van der Waals surface area (Å²) in [6.07, 6.45) is 4.07. The Hall–Kier alpha value is -2.34. The molecule has 1 aliphatic rings. The van der Waals surface area contributed by atoms with Gasteiger partial charge in [0.05, 0.1) is 5.56 Å². The molecule has 0 aliphatic carbocycles. The fourth-order valence-electron chi connectivity index (χ4n) is 2.82. The van der Waals surface area contributed by atoms with Gasteiger partial charge in [0.15, 0.2) is 0 Å². The number of nitriles is 1. The second kappa shape index (κ2) is 5.75. The van der Waals surface area contributed by atoms with Crippen molar-refractivity contribution in [3.05, 3.63) is 59.8 Å². The number of rotatable bonds is 2. The van der Waals surface area contributed by atoms with Crippen molar-refractivity contribution in [2.24, 2.45) is 0 Å². The van der Waals surface area contributed by atoms with E-state index in [1.54, 1.807) is 6.20 Å². The third-order valence-electron chi connectivity index (χ3n) is 3.89. The maximum absolute atomic E-state index is 8.83. The van der Waals surface area contributed by atoms with Gasteiger partial charge in [-0.3, -0.25) is 0 Å². The van der Waals surface area contributed by atoms with E-state index in [4.69, 9.17) is 5.26 Å². The van der Waals surface area contributed by atoms with Gasteiger partial charge >= 0.3 is 0 Å². The SMILES string of the molecule is N#Cc1ccc(N2CCCC(c3ccccc3)C2)nc1. The number of hydrogen-bond donors (Lipinski definition) is 0. The summed E-state index contributed by atoms with van der Waals surface area (Å²) in [4.78, 5) is 6.73. The summed E-state index contributed by atoms with van der Waals surface area (Å²) in [5, 5.41) is 8.83. The Balaban J connectivity index is 1.76. The van der Waals surface area contributed by atoms with E-state index in [-0.39, 0.29) is 0 Å². The van der Waals surface area contributed by atoms with E-state index in [1.807, 2.05) is 12.1 Å². The predicted molar refractivity (Wildman–Crippen MR) is 79.6 cm³/mol. The smallest absolute Gasteiger partial charge is 0.128 e. The molecule has 1 atom stereocenters. The Bertz CT molecular complexity index is 598. The number of hydrogen-bond acceptors (Lipinski definition) is 3. The molecule has 3 rings (SSSR count).